The summed E-state index contributed by atoms with van der Waals surface area (Å²) >= 11 is 0. The van der Waals surface area contributed by atoms with Gasteiger partial charge in [-0.15, -0.1) is 0 Å². The Morgan fingerprint density at radius 3 is 1.96 bits per heavy atom. The molecular weight excluding hydrogens is 691 g/mol. The Hall–Kier alpha value is -2.12. The van der Waals surface area contributed by atoms with E-state index < -0.39 is 17.1 Å². The van der Waals surface area contributed by atoms with E-state index in [1.807, 2.05) is 0 Å². The van der Waals surface area contributed by atoms with Crippen molar-refractivity contribution in [3.05, 3.63) is 96.1 Å². The molecular formula is C42H55NO3P3S+. The fourth-order valence-corrected chi connectivity index (χ4v) is 21.5. The van der Waals surface area contributed by atoms with E-state index in [1.165, 1.54) is 108 Å². The quantitative estimate of drug-likeness (QED) is 0.0841. The number of hydrogen-bond donors (Lipinski definition) is 1. The molecule has 4 aromatic carbocycles. The molecule has 0 aliphatic heterocycles. The van der Waals surface area contributed by atoms with E-state index in [1.54, 1.807) is 5.30 Å². The van der Waals surface area contributed by atoms with Crippen molar-refractivity contribution in [1.29, 1.82) is 0 Å². The molecule has 0 bridgehead atoms. The Bertz CT molecular complexity index is 1850. The fraction of sp³-hybridized carbons (Fsp3) is 0.429. The number of anilines is 1. The zero-order valence-electron chi connectivity index (χ0n) is 30.3. The third kappa shape index (κ3) is 8.56. The van der Waals surface area contributed by atoms with Gasteiger partial charge in [-0.2, -0.15) is 8.42 Å². The Morgan fingerprint density at radius 1 is 0.740 bits per heavy atom. The highest BCUT2D eigenvalue weighted by Gasteiger charge is 2.55. The third-order valence-electron chi connectivity index (χ3n) is 10.8. The first-order valence-electron chi connectivity index (χ1n) is 18.5. The number of rotatable bonds is 13. The second-order valence-electron chi connectivity index (χ2n) is 14.3. The van der Waals surface area contributed by atoms with Gasteiger partial charge in [-0.3, -0.25) is 4.18 Å². The first-order valence-corrected chi connectivity index (χ1v) is 25.6. The van der Waals surface area contributed by atoms with Crippen molar-refractivity contribution in [2.45, 2.75) is 89.4 Å². The van der Waals surface area contributed by atoms with E-state index in [4.69, 9.17) is 4.18 Å². The van der Waals surface area contributed by atoms with E-state index in [2.05, 4.69) is 111 Å². The number of benzene rings is 4. The van der Waals surface area contributed by atoms with E-state index in [0.717, 1.165) is 40.1 Å². The third-order valence-corrected chi connectivity index (χ3v) is 22.6. The van der Waals surface area contributed by atoms with Gasteiger partial charge >= 0.3 is 0 Å². The van der Waals surface area contributed by atoms with Crippen LogP contribution in [0.1, 0.15) is 75.3 Å². The summed E-state index contributed by atoms with van der Waals surface area (Å²) in [6.07, 6.45) is 14.6. The predicted molar refractivity (Wildman–Crippen MR) is 225 cm³/mol. The average Bonchev–Trinajstić information content (AvgIpc) is 3.13. The largest absolute Gasteiger partial charge is 0.382 e. The molecule has 2 saturated carbocycles. The molecule has 2 unspecified atom stereocenters. The van der Waals surface area contributed by atoms with E-state index in [9.17, 15) is 8.42 Å². The van der Waals surface area contributed by atoms with E-state index in [-0.39, 0.29) is 6.61 Å². The molecule has 0 radical (unpaired) electrons. The molecule has 1 N–H and O–H groups in total. The zero-order valence-corrected chi connectivity index (χ0v) is 34.0. The molecule has 2 fully saturated rings. The Morgan fingerprint density at radius 2 is 1.32 bits per heavy atom. The van der Waals surface area contributed by atoms with E-state index >= 15 is 0 Å². The maximum absolute atomic E-state index is 11.6. The van der Waals surface area contributed by atoms with Crippen LogP contribution < -0.4 is 21.2 Å². The molecule has 0 spiro atoms. The Labute approximate surface area is 305 Å². The first-order chi connectivity index (χ1) is 24.2. The van der Waals surface area contributed by atoms with Crippen LogP contribution in [-0.4, -0.2) is 45.8 Å². The number of hydrogen-bond acceptors (Lipinski definition) is 4. The smallest absolute Gasteiger partial charge is 0.264 e. The highest BCUT2D eigenvalue weighted by atomic mass is 32.2. The van der Waals surface area contributed by atoms with Crippen molar-refractivity contribution in [3.63, 3.8) is 0 Å². The molecule has 0 amide bonds. The monoisotopic (exact) mass is 746 g/mol. The van der Waals surface area contributed by atoms with Crippen LogP contribution in [0.15, 0.2) is 84.9 Å². The van der Waals surface area contributed by atoms with Crippen LogP contribution in [0.2, 0.25) is 0 Å². The number of para-hydroxylation sites is 1. The summed E-state index contributed by atoms with van der Waals surface area (Å²) in [5, 5.41) is 8.19. The summed E-state index contributed by atoms with van der Waals surface area (Å²) in [6, 6.07) is 32.3. The molecule has 0 aromatic heterocycles. The van der Waals surface area contributed by atoms with Crippen molar-refractivity contribution in [3.8, 4) is 22.3 Å². The number of aryl methyl sites for hydroxylation is 2. The molecule has 8 heteroatoms. The van der Waals surface area contributed by atoms with Gasteiger partial charge in [-0.05, 0) is 106 Å². The lowest BCUT2D eigenvalue weighted by Gasteiger charge is -2.44. The zero-order chi connectivity index (χ0) is 35.1. The minimum absolute atomic E-state index is 0.101. The van der Waals surface area contributed by atoms with Crippen molar-refractivity contribution in [1.82, 2.24) is 0 Å². The van der Waals surface area contributed by atoms with Crippen LogP contribution in [0.4, 0.5) is 5.69 Å². The molecule has 266 valence electrons. The Kier molecular flexibility index (Phi) is 12.9. The van der Waals surface area contributed by atoms with Gasteiger partial charge in [0.15, 0.2) is 0 Å². The first kappa shape index (κ1) is 37.6. The molecule has 50 heavy (non-hydrogen) atoms. The standard InChI is InChI=1S/C42H55NO3P3S/c1-31-29-32(2)42(40(30-31)47-3)37-23-13-16-26-41(37)49(33-17-7-5-8-18-33,34-19-9-6-10-20-34)48-39-25-15-12-22-36(39)35-21-11-14-24-38(35)43-27-28-46-50(4,44)45/h11-16,21-26,29-30,33-34,43,47-48H,5-10,17-20,27-28H2,1-4H3/q+1. The second-order valence-corrected chi connectivity index (χ2v) is 24.1. The maximum Gasteiger partial charge on any atom is 0.264 e. The Balaban J connectivity index is 1.53. The van der Waals surface area contributed by atoms with Gasteiger partial charge in [-0.1, -0.05) is 99.8 Å². The highest BCUT2D eigenvalue weighted by Crippen LogP contribution is 2.83. The van der Waals surface area contributed by atoms with Crippen LogP contribution in [0.5, 0.6) is 0 Å². The van der Waals surface area contributed by atoms with Gasteiger partial charge in [0.05, 0.1) is 39.4 Å². The fourth-order valence-electron chi connectivity index (χ4n) is 8.71. The summed E-state index contributed by atoms with van der Waals surface area (Å²) in [5.74, 6) is 0. The molecule has 4 nitrogen and oxygen atoms in total. The summed E-state index contributed by atoms with van der Waals surface area (Å²) in [4.78, 5) is 0. The van der Waals surface area contributed by atoms with Gasteiger partial charge in [0.2, 0.25) is 0 Å². The van der Waals surface area contributed by atoms with Gasteiger partial charge in [0, 0.05) is 28.7 Å². The summed E-state index contributed by atoms with van der Waals surface area (Å²) in [5.41, 5.74) is 10.8. The SMILES string of the molecule is CPc1cc(C)cc(C)c1-c1ccccc1[P+](Pc1ccccc1-c1ccccc1NCCOS(C)(=O)=O)(C1CCCCC1)C1CCCCC1. The van der Waals surface area contributed by atoms with Crippen molar-refractivity contribution in [2.75, 3.05) is 31.4 Å². The maximum atomic E-state index is 11.6. The lowest BCUT2D eigenvalue weighted by atomic mass is 9.98. The lowest BCUT2D eigenvalue weighted by Crippen LogP contribution is -2.34. The van der Waals surface area contributed by atoms with Crippen molar-refractivity contribution >= 4 is 55.5 Å². The van der Waals surface area contributed by atoms with Crippen molar-refractivity contribution in [2.24, 2.45) is 0 Å². The predicted octanol–water partition coefficient (Wildman–Crippen LogP) is 10.2. The molecule has 2 aliphatic rings. The van der Waals surface area contributed by atoms with Gasteiger partial charge in [-0.25, -0.2) is 0 Å². The van der Waals surface area contributed by atoms with Gasteiger partial charge < -0.3 is 5.32 Å². The molecule has 4 aromatic rings. The molecule has 2 aliphatic carbocycles. The van der Waals surface area contributed by atoms with Crippen LogP contribution in [0.3, 0.4) is 0 Å². The van der Waals surface area contributed by atoms with Crippen molar-refractivity contribution < 1.29 is 12.6 Å². The lowest BCUT2D eigenvalue weighted by molar-refractivity contribution is 0.335. The van der Waals surface area contributed by atoms with Crippen LogP contribution in [-0.2, 0) is 14.3 Å². The normalized spacial score (nSPS) is 16.9. The van der Waals surface area contributed by atoms with E-state index in [0.29, 0.717) is 6.54 Å². The van der Waals surface area contributed by atoms with Gasteiger partial charge in [0.25, 0.3) is 10.1 Å². The summed E-state index contributed by atoms with van der Waals surface area (Å²) in [7, 11) is -2.00. The summed E-state index contributed by atoms with van der Waals surface area (Å²) in [6.45, 7) is 5.68. The summed E-state index contributed by atoms with van der Waals surface area (Å²) < 4.78 is 28.3. The van der Waals surface area contributed by atoms with Crippen LogP contribution in [0, 0.1) is 13.8 Å². The molecule has 6 rings (SSSR count). The van der Waals surface area contributed by atoms with Crippen LogP contribution >= 0.6 is 23.8 Å². The van der Waals surface area contributed by atoms with Crippen LogP contribution in [0.25, 0.3) is 22.3 Å². The molecule has 0 heterocycles. The average molecular weight is 747 g/mol. The number of nitrogens with one attached hydrogen (secondary N) is 1. The minimum atomic E-state index is -3.48. The second kappa shape index (κ2) is 17.1. The molecule has 2 atom stereocenters. The molecule has 0 saturated heterocycles. The van der Waals surface area contributed by atoms with Gasteiger partial charge in [0.1, 0.15) is 5.30 Å². The highest BCUT2D eigenvalue weighted by molar-refractivity contribution is 8.38. The topological polar surface area (TPSA) is 55.4 Å². The minimum Gasteiger partial charge on any atom is -0.382 e.